The van der Waals surface area contributed by atoms with Crippen LogP contribution in [-0.4, -0.2) is 30.0 Å². The van der Waals surface area contributed by atoms with Crippen molar-refractivity contribution in [1.29, 1.82) is 0 Å². The highest BCUT2D eigenvalue weighted by atomic mass is 15.4. The van der Waals surface area contributed by atoms with Gasteiger partial charge in [0, 0.05) is 37.3 Å². The molecule has 0 amide bonds. The Morgan fingerprint density at radius 2 is 0.975 bits per heavy atom. The Morgan fingerprint density at radius 1 is 0.600 bits per heavy atom. The Bertz CT molecular complexity index is 1180. The summed E-state index contributed by atoms with van der Waals surface area (Å²) in [6.07, 6.45) is 12.0. The molecule has 40 heavy (non-hydrogen) atoms. The van der Waals surface area contributed by atoms with E-state index in [4.69, 9.17) is 0 Å². The lowest BCUT2D eigenvalue weighted by Crippen LogP contribution is -2.18. The molecule has 2 aromatic carbocycles. The molecule has 5 rings (SSSR count). The van der Waals surface area contributed by atoms with E-state index in [0.717, 1.165) is 36.3 Å². The molecule has 1 aliphatic rings. The fourth-order valence-corrected chi connectivity index (χ4v) is 6.68. The van der Waals surface area contributed by atoms with Gasteiger partial charge in [-0.05, 0) is 47.6 Å². The van der Waals surface area contributed by atoms with Gasteiger partial charge in [0.2, 0.25) is 0 Å². The normalized spacial score (nSPS) is 19.2. The smallest absolute Gasteiger partial charge is 0.0904 e. The monoisotopic (exact) mass is 538 g/mol. The van der Waals surface area contributed by atoms with Crippen LogP contribution < -0.4 is 0 Å². The first kappa shape index (κ1) is 28.3. The molecule has 1 fully saturated rings. The number of hydrogen-bond acceptors (Lipinski definition) is 4. The van der Waals surface area contributed by atoms with Crippen molar-refractivity contribution in [3.63, 3.8) is 0 Å². The van der Waals surface area contributed by atoms with Crippen LogP contribution in [-0.2, 0) is 13.1 Å². The zero-order valence-electron chi connectivity index (χ0n) is 24.7. The van der Waals surface area contributed by atoms with Gasteiger partial charge < -0.3 is 0 Å². The second-order valence-corrected chi connectivity index (χ2v) is 12.5. The third-order valence-electron chi connectivity index (χ3n) is 8.90. The molecule has 212 valence electrons. The Kier molecular flexibility index (Phi) is 9.45. The van der Waals surface area contributed by atoms with Crippen molar-refractivity contribution < 1.29 is 0 Å². The Labute approximate surface area is 240 Å². The highest BCUT2D eigenvalue weighted by molar-refractivity contribution is 5.28. The molecule has 0 unspecified atom stereocenters. The van der Waals surface area contributed by atoms with E-state index in [2.05, 4.69) is 131 Å². The van der Waals surface area contributed by atoms with Gasteiger partial charge in [-0.1, -0.05) is 124 Å². The molecule has 0 spiro atoms. The Balaban J connectivity index is 1.07. The largest absolute Gasteiger partial charge is 0.252 e. The predicted octanol–water partition coefficient (Wildman–Crippen LogP) is 7.73. The Morgan fingerprint density at radius 3 is 1.32 bits per heavy atom. The van der Waals surface area contributed by atoms with Gasteiger partial charge in [0.1, 0.15) is 0 Å². The maximum Gasteiger partial charge on any atom is 0.0904 e. The standard InChI is InChI=1S/C34H46N6/c1-25(2)33(29-11-7-5-8-12-29)31-23-39(37-35-31)21-19-27-15-17-28(18-16-27)20-22-40-24-32(36-38-40)34(26(3)4)30-13-9-6-10-14-30/h5-14,23-28,33-34H,15-22H2,1-4H3/t27?,28?,33-,34-/m1/s1. The van der Waals surface area contributed by atoms with Crippen LogP contribution in [0.5, 0.6) is 0 Å². The molecule has 6 nitrogen and oxygen atoms in total. The summed E-state index contributed by atoms with van der Waals surface area (Å²) in [5, 5.41) is 18.2. The zero-order chi connectivity index (χ0) is 27.9. The number of nitrogens with zero attached hydrogens (tertiary/aromatic N) is 6. The molecular weight excluding hydrogens is 492 g/mol. The van der Waals surface area contributed by atoms with Crippen molar-refractivity contribution in [2.24, 2.45) is 23.7 Å². The van der Waals surface area contributed by atoms with E-state index in [-0.39, 0.29) is 0 Å². The lowest BCUT2D eigenvalue weighted by Gasteiger charge is -2.28. The fraction of sp³-hybridized carbons (Fsp3) is 0.529. The van der Waals surface area contributed by atoms with E-state index in [1.54, 1.807) is 0 Å². The van der Waals surface area contributed by atoms with E-state index in [1.165, 1.54) is 49.7 Å². The van der Waals surface area contributed by atoms with E-state index in [1.807, 2.05) is 0 Å². The van der Waals surface area contributed by atoms with E-state index in [9.17, 15) is 0 Å². The van der Waals surface area contributed by atoms with E-state index >= 15 is 0 Å². The number of hydrogen-bond donors (Lipinski definition) is 0. The highest BCUT2D eigenvalue weighted by Crippen LogP contribution is 2.34. The molecule has 0 bridgehead atoms. The van der Waals surface area contributed by atoms with Crippen LogP contribution in [0.3, 0.4) is 0 Å². The van der Waals surface area contributed by atoms with Crippen LogP contribution in [0, 0.1) is 23.7 Å². The first-order valence-electron chi connectivity index (χ1n) is 15.4. The summed E-state index contributed by atoms with van der Waals surface area (Å²) in [6, 6.07) is 21.4. The van der Waals surface area contributed by atoms with Gasteiger partial charge in [-0.2, -0.15) is 0 Å². The minimum Gasteiger partial charge on any atom is -0.252 e. The van der Waals surface area contributed by atoms with Crippen molar-refractivity contribution in [2.75, 3.05) is 0 Å². The van der Waals surface area contributed by atoms with E-state index in [0.29, 0.717) is 23.7 Å². The van der Waals surface area contributed by atoms with Gasteiger partial charge in [-0.3, -0.25) is 9.36 Å². The fourth-order valence-electron chi connectivity index (χ4n) is 6.68. The lowest BCUT2D eigenvalue weighted by molar-refractivity contribution is 0.235. The van der Waals surface area contributed by atoms with Crippen molar-refractivity contribution in [3.8, 4) is 0 Å². The van der Waals surface area contributed by atoms with Crippen LogP contribution >= 0.6 is 0 Å². The number of aromatic nitrogens is 6. The Hall–Kier alpha value is -3.28. The number of aryl methyl sites for hydroxylation is 2. The first-order chi connectivity index (χ1) is 19.5. The number of benzene rings is 2. The summed E-state index contributed by atoms with van der Waals surface area (Å²) in [7, 11) is 0. The van der Waals surface area contributed by atoms with Crippen molar-refractivity contribution in [3.05, 3.63) is 95.6 Å². The summed E-state index contributed by atoms with van der Waals surface area (Å²) in [5.74, 6) is 3.12. The quantitative estimate of drug-likeness (QED) is 0.185. The summed E-state index contributed by atoms with van der Waals surface area (Å²) >= 11 is 0. The molecule has 0 aliphatic heterocycles. The zero-order valence-corrected chi connectivity index (χ0v) is 24.7. The molecule has 2 atom stereocenters. The van der Waals surface area contributed by atoms with Gasteiger partial charge in [-0.15, -0.1) is 10.2 Å². The molecule has 4 aromatic rings. The average Bonchev–Trinajstić information content (AvgIpc) is 3.62. The van der Waals surface area contributed by atoms with Gasteiger partial charge in [0.25, 0.3) is 0 Å². The number of rotatable bonds is 12. The predicted molar refractivity (Wildman–Crippen MR) is 161 cm³/mol. The van der Waals surface area contributed by atoms with Crippen LogP contribution in [0.1, 0.15) is 101 Å². The second-order valence-electron chi connectivity index (χ2n) is 12.5. The van der Waals surface area contributed by atoms with Crippen molar-refractivity contribution in [1.82, 2.24) is 30.0 Å². The maximum absolute atomic E-state index is 4.58. The molecule has 0 saturated heterocycles. The topological polar surface area (TPSA) is 61.4 Å². The molecule has 6 heteroatoms. The van der Waals surface area contributed by atoms with Gasteiger partial charge in [0.05, 0.1) is 11.4 Å². The average molecular weight is 539 g/mol. The lowest BCUT2D eigenvalue weighted by atomic mass is 9.79. The summed E-state index contributed by atoms with van der Waals surface area (Å²) < 4.78 is 4.14. The molecule has 0 N–H and O–H groups in total. The third-order valence-corrected chi connectivity index (χ3v) is 8.90. The third kappa shape index (κ3) is 7.07. The first-order valence-corrected chi connectivity index (χ1v) is 15.4. The summed E-state index contributed by atoms with van der Waals surface area (Å²) in [5.41, 5.74) is 4.82. The van der Waals surface area contributed by atoms with Crippen LogP contribution in [0.15, 0.2) is 73.1 Å². The van der Waals surface area contributed by atoms with Crippen LogP contribution in [0.4, 0.5) is 0 Å². The molecular formula is C34H46N6. The molecule has 1 aliphatic carbocycles. The minimum atomic E-state index is 0.293. The highest BCUT2D eigenvalue weighted by Gasteiger charge is 2.24. The molecule has 2 aromatic heterocycles. The van der Waals surface area contributed by atoms with Crippen LogP contribution in [0.25, 0.3) is 0 Å². The van der Waals surface area contributed by atoms with Gasteiger partial charge >= 0.3 is 0 Å². The second kappa shape index (κ2) is 13.4. The molecule has 2 heterocycles. The van der Waals surface area contributed by atoms with Crippen molar-refractivity contribution >= 4 is 0 Å². The molecule has 1 saturated carbocycles. The van der Waals surface area contributed by atoms with Gasteiger partial charge in [0.15, 0.2) is 0 Å². The summed E-state index contributed by atoms with van der Waals surface area (Å²) in [6.45, 7) is 11.0. The van der Waals surface area contributed by atoms with Crippen LogP contribution in [0.2, 0.25) is 0 Å². The minimum absolute atomic E-state index is 0.293. The SMILES string of the molecule is CC(C)[C@H](c1ccccc1)c1cn(CCC2CCC(CCn3cc([C@@H](c4ccccc4)C(C)C)nn3)CC2)nn1. The van der Waals surface area contributed by atoms with Crippen molar-refractivity contribution in [2.45, 2.75) is 91.1 Å². The molecule has 0 radical (unpaired) electrons. The summed E-state index contributed by atoms with van der Waals surface area (Å²) in [4.78, 5) is 0. The maximum atomic E-state index is 4.58. The van der Waals surface area contributed by atoms with E-state index < -0.39 is 0 Å². The van der Waals surface area contributed by atoms with Gasteiger partial charge in [-0.25, -0.2) is 0 Å².